The highest BCUT2D eigenvalue weighted by atomic mass is 16.1. The molecule has 0 amide bonds. The molecule has 0 atom stereocenters. The molecule has 1 N–H and O–H groups in total. The molecular weight excluding hydrogens is 274 g/mol. The fourth-order valence-electron chi connectivity index (χ4n) is 3.38. The summed E-state index contributed by atoms with van der Waals surface area (Å²) in [6.45, 7) is 6.41. The van der Waals surface area contributed by atoms with Gasteiger partial charge in [0.15, 0.2) is 0 Å². The minimum absolute atomic E-state index is 0.0385. The molecule has 0 spiro atoms. The third-order valence-electron chi connectivity index (χ3n) is 4.88. The van der Waals surface area contributed by atoms with Crippen LogP contribution in [0.25, 0.3) is 10.9 Å². The van der Waals surface area contributed by atoms with Crippen LogP contribution < -0.4 is 5.56 Å². The van der Waals surface area contributed by atoms with E-state index in [0.717, 1.165) is 29.6 Å². The third-order valence-corrected chi connectivity index (χ3v) is 4.88. The Labute approximate surface area is 131 Å². The lowest BCUT2D eigenvalue weighted by molar-refractivity contribution is 0.127. The maximum Gasteiger partial charge on any atom is 0.252 e. The molecule has 1 aliphatic rings. The highest BCUT2D eigenvalue weighted by Gasteiger charge is 2.22. The summed E-state index contributed by atoms with van der Waals surface area (Å²) >= 11 is 0. The molecule has 2 aromatic rings. The van der Waals surface area contributed by atoms with Crippen LogP contribution in [0.15, 0.2) is 35.1 Å². The van der Waals surface area contributed by atoms with Crippen molar-refractivity contribution < 1.29 is 0 Å². The number of hydrogen-bond acceptors (Lipinski definition) is 3. The minimum atomic E-state index is 0.0385. The van der Waals surface area contributed by atoms with Crippen molar-refractivity contribution in [2.45, 2.75) is 32.4 Å². The van der Waals surface area contributed by atoms with E-state index in [1.807, 2.05) is 24.3 Å². The molecule has 0 bridgehead atoms. The zero-order valence-corrected chi connectivity index (χ0v) is 13.5. The molecule has 0 saturated carbocycles. The Morgan fingerprint density at radius 2 is 2.00 bits per heavy atom. The van der Waals surface area contributed by atoms with Gasteiger partial charge in [0.1, 0.15) is 0 Å². The fourth-order valence-corrected chi connectivity index (χ4v) is 3.38. The van der Waals surface area contributed by atoms with Gasteiger partial charge in [0.2, 0.25) is 0 Å². The number of fused-ring (bicyclic) bond motifs is 1. The number of rotatable bonds is 4. The van der Waals surface area contributed by atoms with Gasteiger partial charge in [0, 0.05) is 23.7 Å². The number of pyridine rings is 1. The highest BCUT2D eigenvalue weighted by Crippen LogP contribution is 2.17. The first-order valence-corrected chi connectivity index (χ1v) is 8.21. The number of hydrogen-bond donors (Lipinski definition) is 1. The van der Waals surface area contributed by atoms with Crippen LogP contribution in [0.5, 0.6) is 0 Å². The predicted octanol–water partition coefficient (Wildman–Crippen LogP) is 2.44. The number of para-hydroxylation sites is 1. The summed E-state index contributed by atoms with van der Waals surface area (Å²) in [5, 5.41) is 1.10. The molecule has 1 aromatic carbocycles. The Balaban J connectivity index is 1.72. The van der Waals surface area contributed by atoms with Crippen molar-refractivity contribution in [2.24, 2.45) is 0 Å². The predicted molar refractivity (Wildman–Crippen MR) is 91.2 cm³/mol. The number of benzene rings is 1. The lowest BCUT2D eigenvalue weighted by Gasteiger charge is -2.36. The van der Waals surface area contributed by atoms with E-state index in [1.54, 1.807) is 0 Å². The van der Waals surface area contributed by atoms with Crippen molar-refractivity contribution >= 4 is 10.9 Å². The Morgan fingerprint density at radius 1 is 1.27 bits per heavy atom. The second kappa shape index (κ2) is 6.63. The van der Waals surface area contributed by atoms with Crippen LogP contribution in [0.3, 0.4) is 0 Å². The van der Waals surface area contributed by atoms with Crippen molar-refractivity contribution in [3.05, 3.63) is 46.2 Å². The molecule has 1 aliphatic heterocycles. The first-order valence-electron chi connectivity index (χ1n) is 8.21. The van der Waals surface area contributed by atoms with Gasteiger partial charge in [-0.3, -0.25) is 9.69 Å². The third kappa shape index (κ3) is 3.23. The second-order valence-electron chi connectivity index (χ2n) is 6.29. The van der Waals surface area contributed by atoms with Crippen molar-refractivity contribution in [1.29, 1.82) is 0 Å². The first kappa shape index (κ1) is 15.3. The van der Waals surface area contributed by atoms with Crippen LogP contribution in [-0.4, -0.2) is 47.5 Å². The second-order valence-corrected chi connectivity index (χ2v) is 6.29. The maximum atomic E-state index is 12.3. The van der Waals surface area contributed by atoms with E-state index < -0.39 is 0 Å². The summed E-state index contributed by atoms with van der Waals surface area (Å²) in [6, 6.07) is 10.6. The summed E-state index contributed by atoms with van der Waals surface area (Å²) in [5.41, 5.74) is 1.81. The van der Waals surface area contributed by atoms with Crippen LogP contribution in [0.2, 0.25) is 0 Å². The number of nitrogens with zero attached hydrogens (tertiary/aromatic N) is 2. The molecule has 1 fully saturated rings. The van der Waals surface area contributed by atoms with Crippen molar-refractivity contribution in [3.63, 3.8) is 0 Å². The standard InChI is InChI=1S/C18H25N3O/c1-3-21-10-8-16(9-11-21)20(2)13-15-12-14-6-4-5-7-17(14)19-18(15)22/h4-7,12,16H,3,8-11,13H2,1-2H3,(H,19,22). The van der Waals surface area contributed by atoms with Gasteiger partial charge in [-0.2, -0.15) is 0 Å². The number of piperidine rings is 1. The van der Waals surface area contributed by atoms with Crippen molar-refractivity contribution in [1.82, 2.24) is 14.8 Å². The maximum absolute atomic E-state index is 12.3. The zero-order chi connectivity index (χ0) is 15.5. The van der Waals surface area contributed by atoms with Gasteiger partial charge >= 0.3 is 0 Å². The molecule has 0 radical (unpaired) electrons. The van der Waals surface area contributed by atoms with E-state index in [1.165, 1.54) is 25.9 Å². The molecule has 22 heavy (non-hydrogen) atoms. The first-order chi connectivity index (χ1) is 10.7. The van der Waals surface area contributed by atoms with Gasteiger partial charge < -0.3 is 9.88 Å². The number of likely N-dealkylation sites (tertiary alicyclic amines) is 1. The molecule has 0 aliphatic carbocycles. The molecular formula is C18H25N3O. The Morgan fingerprint density at radius 3 is 2.73 bits per heavy atom. The molecule has 2 heterocycles. The van der Waals surface area contributed by atoms with E-state index in [2.05, 4.69) is 34.8 Å². The Bertz CT molecular complexity index is 686. The SMILES string of the molecule is CCN1CCC(N(C)Cc2cc3ccccc3[nH]c2=O)CC1. The van der Waals surface area contributed by atoms with Gasteiger partial charge in [-0.25, -0.2) is 0 Å². The number of nitrogens with one attached hydrogen (secondary N) is 1. The highest BCUT2D eigenvalue weighted by molar-refractivity contribution is 5.78. The topological polar surface area (TPSA) is 39.3 Å². The lowest BCUT2D eigenvalue weighted by Crippen LogP contribution is -2.43. The Hall–Kier alpha value is -1.65. The molecule has 1 aromatic heterocycles. The minimum Gasteiger partial charge on any atom is -0.322 e. The summed E-state index contributed by atoms with van der Waals surface area (Å²) in [4.78, 5) is 20.1. The van der Waals surface area contributed by atoms with Crippen molar-refractivity contribution in [2.75, 3.05) is 26.7 Å². The van der Waals surface area contributed by atoms with Crippen LogP contribution in [0.4, 0.5) is 0 Å². The molecule has 0 unspecified atom stereocenters. The molecule has 4 heteroatoms. The Kier molecular flexibility index (Phi) is 4.60. The largest absolute Gasteiger partial charge is 0.322 e. The normalized spacial score (nSPS) is 17.4. The van der Waals surface area contributed by atoms with Gasteiger partial charge in [-0.15, -0.1) is 0 Å². The van der Waals surface area contributed by atoms with Crippen LogP contribution in [0.1, 0.15) is 25.3 Å². The molecule has 118 valence electrons. The van der Waals surface area contributed by atoms with E-state index >= 15 is 0 Å². The molecule has 3 rings (SSSR count). The van der Waals surface area contributed by atoms with Gasteiger partial charge in [-0.05, 0) is 57.0 Å². The summed E-state index contributed by atoms with van der Waals surface area (Å²) in [7, 11) is 2.14. The number of aromatic amines is 1. The average molecular weight is 299 g/mol. The lowest BCUT2D eigenvalue weighted by atomic mass is 10.0. The smallest absolute Gasteiger partial charge is 0.252 e. The molecule has 4 nitrogen and oxygen atoms in total. The van der Waals surface area contributed by atoms with Gasteiger partial charge in [-0.1, -0.05) is 25.1 Å². The van der Waals surface area contributed by atoms with Crippen molar-refractivity contribution in [3.8, 4) is 0 Å². The van der Waals surface area contributed by atoms with E-state index in [4.69, 9.17) is 0 Å². The van der Waals surface area contributed by atoms with Gasteiger partial charge in [0.05, 0.1) is 0 Å². The molecule has 1 saturated heterocycles. The monoisotopic (exact) mass is 299 g/mol. The van der Waals surface area contributed by atoms with E-state index in [-0.39, 0.29) is 5.56 Å². The average Bonchev–Trinajstić information content (AvgIpc) is 2.55. The summed E-state index contributed by atoms with van der Waals surface area (Å²) in [5.74, 6) is 0. The zero-order valence-electron chi connectivity index (χ0n) is 13.5. The van der Waals surface area contributed by atoms with Crippen LogP contribution in [-0.2, 0) is 6.54 Å². The summed E-state index contributed by atoms with van der Waals surface area (Å²) in [6.07, 6.45) is 2.38. The van der Waals surface area contributed by atoms with Crippen LogP contribution in [0, 0.1) is 0 Å². The number of H-pyrrole nitrogens is 1. The number of aromatic nitrogens is 1. The van der Waals surface area contributed by atoms with Gasteiger partial charge in [0.25, 0.3) is 5.56 Å². The van der Waals surface area contributed by atoms with Crippen LogP contribution >= 0.6 is 0 Å². The quantitative estimate of drug-likeness (QED) is 0.942. The van der Waals surface area contributed by atoms with E-state index in [0.29, 0.717) is 6.04 Å². The van der Waals surface area contributed by atoms with E-state index in [9.17, 15) is 4.79 Å². The fraction of sp³-hybridized carbons (Fsp3) is 0.500. The summed E-state index contributed by atoms with van der Waals surface area (Å²) < 4.78 is 0.